The highest BCUT2D eigenvalue weighted by atomic mass is 14.5. The Kier molecular flexibility index (Phi) is 3.24. The average molecular weight is 248 g/mol. The molecule has 0 spiro atoms. The standard InChI is InChI=1S/C18H32/c1-13-11-14-9-8-10-17(5,6)15(14)12-18(13,7)16(2,3)4/h13H,8-12H2,1-7H3. The van der Waals surface area contributed by atoms with Gasteiger partial charge in [-0.1, -0.05) is 59.6 Å². The predicted octanol–water partition coefficient (Wildman–Crippen LogP) is 5.98. The minimum absolute atomic E-state index is 0.401. The topological polar surface area (TPSA) is 0 Å². The van der Waals surface area contributed by atoms with E-state index in [0.717, 1.165) is 5.92 Å². The van der Waals surface area contributed by atoms with Gasteiger partial charge in [-0.3, -0.25) is 0 Å². The molecule has 0 amide bonds. The first kappa shape index (κ1) is 14.2. The van der Waals surface area contributed by atoms with Crippen molar-refractivity contribution in [2.45, 2.75) is 80.6 Å². The molecule has 0 heteroatoms. The van der Waals surface area contributed by atoms with E-state index in [0.29, 0.717) is 16.2 Å². The van der Waals surface area contributed by atoms with Gasteiger partial charge in [0.15, 0.2) is 0 Å². The molecule has 2 rings (SSSR count). The molecule has 0 aromatic rings. The molecule has 0 aromatic carbocycles. The van der Waals surface area contributed by atoms with Crippen molar-refractivity contribution in [2.24, 2.45) is 22.2 Å². The van der Waals surface area contributed by atoms with Crippen LogP contribution < -0.4 is 0 Å². The second-order valence-electron chi connectivity index (χ2n) is 8.77. The van der Waals surface area contributed by atoms with Crippen molar-refractivity contribution in [1.29, 1.82) is 0 Å². The summed E-state index contributed by atoms with van der Waals surface area (Å²) < 4.78 is 0. The third-order valence-corrected chi connectivity index (χ3v) is 6.42. The summed E-state index contributed by atoms with van der Waals surface area (Å²) in [4.78, 5) is 0. The highest BCUT2D eigenvalue weighted by molar-refractivity contribution is 5.29. The fraction of sp³-hybridized carbons (Fsp3) is 0.889. The largest absolute Gasteiger partial charge is 0.0702 e. The molecule has 18 heavy (non-hydrogen) atoms. The predicted molar refractivity (Wildman–Crippen MR) is 80.6 cm³/mol. The van der Waals surface area contributed by atoms with Gasteiger partial charge in [0.2, 0.25) is 0 Å². The summed E-state index contributed by atoms with van der Waals surface area (Å²) in [6, 6.07) is 0. The van der Waals surface area contributed by atoms with Crippen LogP contribution in [-0.2, 0) is 0 Å². The third kappa shape index (κ3) is 2.06. The Morgan fingerprint density at radius 2 is 1.72 bits per heavy atom. The smallest absolute Gasteiger partial charge is 0.0142 e. The summed E-state index contributed by atoms with van der Waals surface area (Å²) in [5, 5.41) is 0. The summed E-state index contributed by atoms with van der Waals surface area (Å²) in [6.45, 7) is 17.3. The molecule has 0 nitrogen and oxygen atoms in total. The molecule has 0 N–H and O–H groups in total. The lowest BCUT2D eigenvalue weighted by Gasteiger charge is -2.54. The lowest BCUT2D eigenvalue weighted by atomic mass is 9.51. The van der Waals surface area contributed by atoms with Gasteiger partial charge < -0.3 is 0 Å². The Labute approximate surface area is 114 Å². The Morgan fingerprint density at radius 3 is 2.28 bits per heavy atom. The summed E-state index contributed by atoms with van der Waals surface area (Å²) in [5.41, 5.74) is 4.96. The van der Waals surface area contributed by atoms with Gasteiger partial charge in [0.05, 0.1) is 0 Å². The van der Waals surface area contributed by atoms with Gasteiger partial charge in [-0.2, -0.15) is 0 Å². The van der Waals surface area contributed by atoms with Gasteiger partial charge in [-0.05, 0) is 54.3 Å². The van der Waals surface area contributed by atoms with E-state index in [1.54, 1.807) is 0 Å². The van der Waals surface area contributed by atoms with E-state index in [9.17, 15) is 0 Å². The van der Waals surface area contributed by atoms with Crippen molar-refractivity contribution < 1.29 is 0 Å². The maximum Gasteiger partial charge on any atom is -0.0142 e. The van der Waals surface area contributed by atoms with Crippen LogP contribution in [0.5, 0.6) is 0 Å². The quantitative estimate of drug-likeness (QED) is 0.463. The molecule has 0 radical (unpaired) electrons. The van der Waals surface area contributed by atoms with E-state index in [4.69, 9.17) is 0 Å². The van der Waals surface area contributed by atoms with Crippen molar-refractivity contribution in [3.8, 4) is 0 Å². The highest BCUT2D eigenvalue weighted by Crippen LogP contribution is 2.59. The molecular formula is C18H32. The number of allylic oxidation sites excluding steroid dienone is 2. The molecule has 0 aromatic heterocycles. The highest BCUT2D eigenvalue weighted by Gasteiger charge is 2.48. The zero-order valence-electron chi connectivity index (χ0n) is 13.6. The van der Waals surface area contributed by atoms with Crippen LogP contribution in [0, 0.1) is 22.2 Å². The normalized spacial score (nSPS) is 36.5. The molecular weight excluding hydrogens is 216 g/mol. The van der Waals surface area contributed by atoms with E-state index in [1.807, 2.05) is 11.1 Å². The van der Waals surface area contributed by atoms with Gasteiger partial charge >= 0.3 is 0 Å². The van der Waals surface area contributed by atoms with Gasteiger partial charge in [-0.15, -0.1) is 0 Å². The lowest BCUT2D eigenvalue weighted by Crippen LogP contribution is -2.44. The average Bonchev–Trinajstić information content (AvgIpc) is 2.19. The molecule has 0 saturated heterocycles. The minimum atomic E-state index is 0.401. The first-order valence-corrected chi connectivity index (χ1v) is 7.79. The maximum atomic E-state index is 2.53. The zero-order chi connectivity index (χ0) is 13.8. The lowest BCUT2D eigenvalue weighted by molar-refractivity contribution is 0.0244. The van der Waals surface area contributed by atoms with Crippen LogP contribution in [0.2, 0.25) is 0 Å². The summed E-state index contributed by atoms with van der Waals surface area (Å²) >= 11 is 0. The van der Waals surface area contributed by atoms with E-state index in [1.165, 1.54) is 32.1 Å². The van der Waals surface area contributed by atoms with Crippen molar-refractivity contribution in [3.63, 3.8) is 0 Å². The molecule has 2 aliphatic carbocycles. The first-order chi connectivity index (χ1) is 8.08. The van der Waals surface area contributed by atoms with Crippen molar-refractivity contribution in [1.82, 2.24) is 0 Å². The maximum absolute atomic E-state index is 2.53. The Balaban J connectivity index is 2.41. The fourth-order valence-corrected chi connectivity index (χ4v) is 4.25. The van der Waals surface area contributed by atoms with Gasteiger partial charge in [-0.25, -0.2) is 0 Å². The van der Waals surface area contributed by atoms with Gasteiger partial charge in [0.25, 0.3) is 0 Å². The minimum Gasteiger partial charge on any atom is -0.0702 e. The number of rotatable bonds is 0. The monoisotopic (exact) mass is 248 g/mol. The van der Waals surface area contributed by atoms with Crippen LogP contribution in [0.3, 0.4) is 0 Å². The Bertz CT molecular complexity index is 364. The van der Waals surface area contributed by atoms with Crippen molar-refractivity contribution in [2.75, 3.05) is 0 Å². The molecule has 0 aliphatic heterocycles. The molecule has 2 atom stereocenters. The number of hydrogen-bond acceptors (Lipinski definition) is 0. The van der Waals surface area contributed by atoms with Crippen LogP contribution in [0.4, 0.5) is 0 Å². The summed E-state index contributed by atoms with van der Waals surface area (Å²) in [5.74, 6) is 0.824. The molecule has 0 bridgehead atoms. The Hall–Kier alpha value is -0.260. The van der Waals surface area contributed by atoms with Gasteiger partial charge in [0, 0.05) is 0 Å². The van der Waals surface area contributed by atoms with E-state index >= 15 is 0 Å². The van der Waals surface area contributed by atoms with Gasteiger partial charge in [0.1, 0.15) is 0 Å². The van der Waals surface area contributed by atoms with Crippen molar-refractivity contribution in [3.05, 3.63) is 11.1 Å². The molecule has 104 valence electrons. The second-order valence-corrected chi connectivity index (χ2v) is 8.77. The molecule has 2 aliphatic rings. The molecule has 0 fully saturated rings. The summed E-state index contributed by atoms with van der Waals surface area (Å²) in [6.07, 6.45) is 6.86. The molecule has 0 saturated carbocycles. The van der Waals surface area contributed by atoms with E-state index < -0.39 is 0 Å². The molecule has 0 heterocycles. The van der Waals surface area contributed by atoms with Crippen molar-refractivity contribution >= 4 is 0 Å². The second kappa shape index (κ2) is 4.12. The zero-order valence-corrected chi connectivity index (χ0v) is 13.6. The van der Waals surface area contributed by atoms with E-state index in [2.05, 4.69) is 48.5 Å². The Morgan fingerprint density at radius 1 is 1.11 bits per heavy atom. The SMILES string of the molecule is CC1CC2=C(CC1(C)C(C)(C)C)C(C)(C)CCC2. The first-order valence-electron chi connectivity index (χ1n) is 7.79. The van der Waals surface area contributed by atoms with E-state index in [-0.39, 0.29) is 0 Å². The van der Waals surface area contributed by atoms with Crippen LogP contribution >= 0.6 is 0 Å². The van der Waals surface area contributed by atoms with Crippen LogP contribution in [0.25, 0.3) is 0 Å². The molecule has 2 unspecified atom stereocenters. The van der Waals surface area contributed by atoms with Crippen LogP contribution in [-0.4, -0.2) is 0 Å². The van der Waals surface area contributed by atoms with Crippen LogP contribution in [0.15, 0.2) is 11.1 Å². The number of hydrogen-bond donors (Lipinski definition) is 0. The van der Waals surface area contributed by atoms with Crippen LogP contribution in [0.1, 0.15) is 80.6 Å². The fourth-order valence-electron chi connectivity index (χ4n) is 4.25. The third-order valence-electron chi connectivity index (χ3n) is 6.42. The summed E-state index contributed by atoms with van der Waals surface area (Å²) in [7, 11) is 0.